The zero-order valence-corrected chi connectivity index (χ0v) is 12.6. The topological polar surface area (TPSA) is 42.1 Å². The molecule has 0 radical (unpaired) electrons. The van der Waals surface area contributed by atoms with Gasteiger partial charge in [0.2, 0.25) is 0 Å². The molecule has 1 atom stereocenters. The second-order valence-electron chi connectivity index (χ2n) is 5.14. The lowest BCUT2D eigenvalue weighted by atomic mass is 10.0. The first-order valence-corrected chi connectivity index (χ1v) is 7.44. The zero-order chi connectivity index (χ0) is 13.8. The van der Waals surface area contributed by atoms with E-state index in [9.17, 15) is 0 Å². The molecular weight excluding hydrogens is 254 g/mol. The van der Waals surface area contributed by atoms with Crippen LogP contribution in [0.3, 0.4) is 0 Å². The Labute approximate surface area is 119 Å². The van der Waals surface area contributed by atoms with Crippen LogP contribution in [0, 0.1) is 6.92 Å². The molecule has 2 N–H and O–H groups in total. The largest absolute Gasteiger partial charge is 0.368 e. The Kier molecular flexibility index (Phi) is 4.56. The highest BCUT2D eigenvalue weighted by Crippen LogP contribution is 2.22. The second-order valence-corrected chi connectivity index (χ2v) is 5.86. The number of nitrogens with zero attached hydrogens (tertiary/aromatic N) is 2. The Morgan fingerprint density at radius 3 is 2.79 bits per heavy atom. The Morgan fingerprint density at radius 1 is 1.42 bits per heavy atom. The van der Waals surface area contributed by atoms with Gasteiger partial charge in [-0.3, -0.25) is 0 Å². The van der Waals surface area contributed by atoms with E-state index in [1.54, 1.807) is 11.3 Å². The van der Waals surface area contributed by atoms with E-state index in [2.05, 4.69) is 47.4 Å². The van der Waals surface area contributed by atoms with Crippen LogP contribution < -0.4 is 10.6 Å². The van der Waals surface area contributed by atoms with Crippen molar-refractivity contribution in [2.24, 2.45) is 5.73 Å². The number of rotatable bonds is 5. The van der Waals surface area contributed by atoms with E-state index < -0.39 is 0 Å². The molecule has 19 heavy (non-hydrogen) atoms. The molecule has 2 rings (SSSR count). The highest BCUT2D eigenvalue weighted by Gasteiger charge is 2.08. The molecule has 1 aromatic heterocycles. The molecule has 1 heterocycles. The van der Waals surface area contributed by atoms with Crippen molar-refractivity contribution < 1.29 is 0 Å². The van der Waals surface area contributed by atoms with E-state index in [0.717, 1.165) is 18.7 Å². The van der Waals surface area contributed by atoms with Gasteiger partial charge in [-0.15, -0.1) is 11.3 Å². The first-order valence-electron chi connectivity index (χ1n) is 6.49. The molecule has 0 saturated carbocycles. The maximum absolute atomic E-state index is 5.85. The van der Waals surface area contributed by atoms with Crippen LogP contribution in [0.5, 0.6) is 0 Å². The number of thiazole rings is 1. The number of hydrogen-bond donors (Lipinski definition) is 1. The third-order valence-corrected chi connectivity index (χ3v) is 3.75. The zero-order valence-electron chi connectivity index (χ0n) is 11.8. The highest BCUT2D eigenvalue weighted by molar-refractivity contribution is 7.07. The minimum Gasteiger partial charge on any atom is -0.368 e. The number of anilines is 1. The average Bonchev–Trinajstić information content (AvgIpc) is 2.80. The van der Waals surface area contributed by atoms with Gasteiger partial charge in [-0.2, -0.15) is 0 Å². The fourth-order valence-corrected chi connectivity index (χ4v) is 2.84. The summed E-state index contributed by atoms with van der Waals surface area (Å²) in [6.45, 7) is 5.03. The van der Waals surface area contributed by atoms with Crippen LogP contribution in [0.1, 0.15) is 23.7 Å². The van der Waals surface area contributed by atoms with Crippen molar-refractivity contribution in [1.29, 1.82) is 0 Å². The summed E-state index contributed by atoms with van der Waals surface area (Å²) in [5, 5.41) is 2.09. The first kappa shape index (κ1) is 14.0. The standard InChI is InChI=1S/C15H21N3S/c1-11-6-13(7-12(2)16)4-5-15(11)18(3)8-14-9-19-10-17-14/h4-6,9-10,12H,7-8,16H2,1-3H3. The van der Waals surface area contributed by atoms with Gasteiger partial charge in [-0.05, 0) is 37.5 Å². The summed E-state index contributed by atoms with van der Waals surface area (Å²) in [6.07, 6.45) is 0.928. The number of nitrogens with two attached hydrogens (primary N) is 1. The van der Waals surface area contributed by atoms with E-state index in [-0.39, 0.29) is 6.04 Å². The number of aromatic nitrogens is 1. The van der Waals surface area contributed by atoms with E-state index in [1.807, 2.05) is 12.4 Å². The predicted molar refractivity (Wildman–Crippen MR) is 82.8 cm³/mol. The van der Waals surface area contributed by atoms with Gasteiger partial charge in [0.1, 0.15) is 0 Å². The Hall–Kier alpha value is -1.39. The van der Waals surface area contributed by atoms with Gasteiger partial charge in [0, 0.05) is 24.2 Å². The fourth-order valence-electron chi connectivity index (χ4n) is 2.29. The summed E-state index contributed by atoms with van der Waals surface area (Å²) < 4.78 is 0. The molecule has 102 valence electrons. The van der Waals surface area contributed by atoms with Crippen LogP contribution in [0.15, 0.2) is 29.1 Å². The molecule has 0 saturated heterocycles. The SMILES string of the molecule is Cc1cc(CC(C)N)ccc1N(C)Cc1cscn1. The van der Waals surface area contributed by atoms with Crippen LogP contribution >= 0.6 is 11.3 Å². The molecule has 1 aromatic carbocycles. The lowest BCUT2D eigenvalue weighted by Gasteiger charge is -2.21. The molecule has 0 aliphatic heterocycles. The van der Waals surface area contributed by atoms with Crippen LogP contribution in [0.4, 0.5) is 5.69 Å². The van der Waals surface area contributed by atoms with Crippen LogP contribution in [-0.2, 0) is 13.0 Å². The van der Waals surface area contributed by atoms with Crippen molar-refractivity contribution in [3.8, 4) is 0 Å². The molecule has 1 unspecified atom stereocenters. The molecule has 0 aliphatic rings. The summed E-state index contributed by atoms with van der Waals surface area (Å²) in [5.74, 6) is 0. The molecule has 0 aliphatic carbocycles. The Bertz CT molecular complexity index is 520. The van der Waals surface area contributed by atoms with Crippen molar-refractivity contribution in [2.45, 2.75) is 32.9 Å². The summed E-state index contributed by atoms with van der Waals surface area (Å²) in [7, 11) is 2.10. The van der Waals surface area contributed by atoms with Gasteiger partial charge in [0.25, 0.3) is 0 Å². The number of hydrogen-bond acceptors (Lipinski definition) is 4. The quantitative estimate of drug-likeness (QED) is 0.912. The molecule has 0 amide bonds. The van der Waals surface area contributed by atoms with E-state index in [1.165, 1.54) is 16.8 Å². The maximum Gasteiger partial charge on any atom is 0.0795 e. The van der Waals surface area contributed by atoms with Crippen molar-refractivity contribution >= 4 is 17.0 Å². The summed E-state index contributed by atoms with van der Waals surface area (Å²) >= 11 is 1.64. The van der Waals surface area contributed by atoms with Gasteiger partial charge in [0.05, 0.1) is 17.7 Å². The average molecular weight is 275 g/mol. The van der Waals surface area contributed by atoms with E-state index >= 15 is 0 Å². The van der Waals surface area contributed by atoms with Crippen molar-refractivity contribution in [3.05, 3.63) is 45.9 Å². The van der Waals surface area contributed by atoms with Crippen LogP contribution in [0.25, 0.3) is 0 Å². The number of benzene rings is 1. The molecule has 3 nitrogen and oxygen atoms in total. The lowest BCUT2D eigenvalue weighted by Crippen LogP contribution is -2.19. The maximum atomic E-state index is 5.85. The third kappa shape index (κ3) is 3.78. The van der Waals surface area contributed by atoms with Gasteiger partial charge in [-0.25, -0.2) is 4.98 Å². The molecule has 0 bridgehead atoms. The molecule has 0 spiro atoms. The lowest BCUT2D eigenvalue weighted by molar-refractivity contribution is 0.737. The first-order chi connectivity index (χ1) is 9.06. The Balaban J connectivity index is 2.11. The molecule has 4 heteroatoms. The van der Waals surface area contributed by atoms with Crippen LogP contribution in [0.2, 0.25) is 0 Å². The van der Waals surface area contributed by atoms with Gasteiger partial charge in [0.15, 0.2) is 0 Å². The van der Waals surface area contributed by atoms with Gasteiger partial charge < -0.3 is 10.6 Å². The molecule has 2 aromatic rings. The van der Waals surface area contributed by atoms with E-state index in [4.69, 9.17) is 5.73 Å². The molecule has 0 fully saturated rings. The summed E-state index contributed by atoms with van der Waals surface area (Å²) in [6, 6.07) is 6.79. The van der Waals surface area contributed by atoms with E-state index in [0.29, 0.717) is 0 Å². The number of aryl methyl sites for hydroxylation is 1. The third-order valence-electron chi connectivity index (χ3n) is 3.11. The smallest absolute Gasteiger partial charge is 0.0795 e. The van der Waals surface area contributed by atoms with Gasteiger partial charge in [-0.1, -0.05) is 12.1 Å². The second kappa shape index (κ2) is 6.17. The predicted octanol–water partition coefficient (Wildman–Crippen LogP) is 2.98. The minimum absolute atomic E-state index is 0.206. The molecular formula is C15H21N3S. The summed E-state index contributed by atoms with van der Waals surface area (Å²) in [4.78, 5) is 6.56. The summed E-state index contributed by atoms with van der Waals surface area (Å²) in [5.41, 5.74) is 12.7. The highest BCUT2D eigenvalue weighted by atomic mass is 32.1. The minimum atomic E-state index is 0.206. The van der Waals surface area contributed by atoms with Crippen molar-refractivity contribution in [1.82, 2.24) is 4.98 Å². The van der Waals surface area contributed by atoms with Gasteiger partial charge >= 0.3 is 0 Å². The van der Waals surface area contributed by atoms with Crippen molar-refractivity contribution in [3.63, 3.8) is 0 Å². The van der Waals surface area contributed by atoms with Crippen LogP contribution in [-0.4, -0.2) is 18.1 Å². The monoisotopic (exact) mass is 275 g/mol. The fraction of sp³-hybridized carbons (Fsp3) is 0.400. The normalized spacial score (nSPS) is 12.4. The Morgan fingerprint density at radius 2 is 2.21 bits per heavy atom. The van der Waals surface area contributed by atoms with Crippen molar-refractivity contribution in [2.75, 3.05) is 11.9 Å².